The van der Waals surface area contributed by atoms with Crippen LogP contribution in [0.4, 0.5) is 10.1 Å². The van der Waals surface area contributed by atoms with Crippen LogP contribution < -0.4 is 20.7 Å². The van der Waals surface area contributed by atoms with Gasteiger partial charge in [0, 0.05) is 23.2 Å². The molecule has 1 spiro atoms. The molecule has 4 bridgehead atoms. The highest BCUT2D eigenvalue weighted by atomic mass is 19.1. The predicted octanol–water partition coefficient (Wildman–Crippen LogP) is 3.70. The van der Waals surface area contributed by atoms with Crippen molar-refractivity contribution in [3.63, 3.8) is 0 Å². The molecule has 13 heteroatoms. The number of aliphatic hydroxyl groups excluding tert-OH is 2. The van der Waals surface area contributed by atoms with Gasteiger partial charge in [0.05, 0.1) is 6.61 Å². The van der Waals surface area contributed by atoms with E-state index in [0.717, 1.165) is 0 Å². The topological polar surface area (TPSA) is 172 Å². The van der Waals surface area contributed by atoms with Crippen molar-refractivity contribution in [3.05, 3.63) is 82.5 Å². The number of aliphatic hydroxyl groups is 2. The number of anilines is 1. The summed E-state index contributed by atoms with van der Waals surface area (Å²) in [5, 5.41) is 29.4. The summed E-state index contributed by atoms with van der Waals surface area (Å²) in [5.41, 5.74) is 0.952. The van der Waals surface area contributed by atoms with Gasteiger partial charge in [0.1, 0.15) is 47.1 Å². The number of benzene rings is 2. The molecule has 1 unspecified atom stereocenters. The van der Waals surface area contributed by atoms with Gasteiger partial charge < -0.3 is 39.7 Å². The summed E-state index contributed by atoms with van der Waals surface area (Å²) in [4.78, 5) is 36.4. The predicted molar refractivity (Wildman–Crippen MR) is 166 cm³/mol. The number of nitrogens with zero attached hydrogens (tertiary/aromatic N) is 2. The number of halogens is 1. The third-order valence-electron chi connectivity index (χ3n) is 9.09. The SMILES string of the molecule is CC(C)[C@H](O)C(=O)NC1Cc2ccc3c(c2)[C@@]2(c4cc(F)ccc4N[C@@H]2O3)c2oc(nc2-c2nc(CO)co2)[C@H](C(C)(C)C)NC1=O. The van der Waals surface area contributed by atoms with Crippen molar-refractivity contribution in [1.82, 2.24) is 20.6 Å². The summed E-state index contributed by atoms with van der Waals surface area (Å²) < 4.78 is 34.1. The first-order chi connectivity index (χ1) is 22.3. The lowest BCUT2D eigenvalue weighted by Gasteiger charge is -2.32. The van der Waals surface area contributed by atoms with Gasteiger partial charge in [-0.1, -0.05) is 46.8 Å². The molecule has 0 saturated heterocycles. The average molecular weight is 646 g/mol. The quantitative estimate of drug-likeness (QED) is 0.216. The van der Waals surface area contributed by atoms with E-state index in [0.29, 0.717) is 28.1 Å². The molecule has 3 aliphatic heterocycles. The smallest absolute Gasteiger partial charge is 0.249 e. The molecule has 5 atom stereocenters. The molecule has 2 amide bonds. The molecular formula is C34H36FN5O7. The molecule has 0 radical (unpaired) electrons. The number of rotatable bonds is 5. The Morgan fingerprint density at radius 3 is 2.64 bits per heavy atom. The molecule has 2 aromatic heterocycles. The second-order valence-electron chi connectivity index (χ2n) is 13.8. The fraction of sp³-hybridized carbons (Fsp3) is 0.412. The van der Waals surface area contributed by atoms with Crippen molar-refractivity contribution >= 4 is 17.5 Å². The number of nitrogens with one attached hydrogen (secondary N) is 3. The summed E-state index contributed by atoms with van der Waals surface area (Å²) in [6.07, 6.45) is -0.720. The van der Waals surface area contributed by atoms with E-state index in [1.54, 1.807) is 32.0 Å². The van der Waals surface area contributed by atoms with E-state index in [1.807, 2.05) is 26.8 Å². The molecule has 0 aliphatic carbocycles. The number of amides is 2. The fourth-order valence-corrected chi connectivity index (χ4v) is 6.63. The van der Waals surface area contributed by atoms with Gasteiger partial charge in [0.15, 0.2) is 17.7 Å². The van der Waals surface area contributed by atoms with Crippen LogP contribution in [0.15, 0.2) is 51.5 Å². The van der Waals surface area contributed by atoms with Gasteiger partial charge in [-0.2, -0.15) is 0 Å². The van der Waals surface area contributed by atoms with Crippen LogP contribution in [0.1, 0.15) is 74.7 Å². The van der Waals surface area contributed by atoms with Crippen LogP contribution in [0.2, 0.25) is 0 Å². The highest BCUT2D eigenvalue weighted by Gasteiger charge is 2.61. The molecule has 2 aromatic carbocycles. The summed E-state index contributed by atoms with van der Waals surface area (Å²) in [7, 11) is 0. The number of fused-ring (bicyclic) bond motifs is 4. The molecule has 0 saturated carbocycles. The minimum Gasteiger partial charge on any atom is -0.469 e. The molecule has 0 fully saturated rings. The van der Waals surface area contributed by atoms with E-state index in [-0.39, 0.29) is 47.9 Å². The van der Waals surface area contributed by atoms with E-state index in [4.69, 9.17) is 18.6 Å². The van der Waals surface area contributed by atoms with Gasteiger partial charge in [-0.15, -0.1) is 0 Å². The number of oxazole rings is 2. The Balaban J connectivity index is 1.51. The van der Waals surface area contributed by atoms with Crippen molar-refractivity contribution in [1.29, 1.82) is 0 Å². The van der Waals surface area contributed by atoms with E-state index in [9.17, 15) is 19.8 Å². The van der Waals surface area contributed by atoms with Crippen molar-refractivity contribution in [3.8, 4) is 17.3 Å². The van der Waals surface area contributed by atoms with E-state index in [2.05, 4.69) is 20.9 Å². The first-order valence-corrected chi connectivity index (χ1v) is 15.5. The number of hydrogen-bond donors (Lipinski definition) is 5. The van der Waals surface area contributed by atoms with Crippen LogP contribution in [0.5, 0.6) is 5.75 Å². The number of hydrogen-bond acceptors (Lipinski definition) is 10. The first kappa shape index (κ1) is 30.9. The summed E-state index contributed by atoms with van der Waals surface area (Å²) in [6, 6.07) is 7.93. The number of carbonyl (C=O) groups is 2. The normalized spacial score (nSPS) is 23.5. The standard InChI is InChI=1S/C34H36FN5O7/c1-15(2)25(42)29(44)37-22-11-16-6-9-23-20(10-16)34(19-12-17(35)7-8-21(19)38-32(34)46-23)27-24(30-36-18(13-41)14-45-30)39-31(47-27)26(33(3,4)5)40-28(22)43/h6-10,12,14-15,22,25-26,32,38,41-42H,11,13H2,1-5H3,(H,37,44)(H,40,43)/t22?,25-,26+,32+,34-/m0/s1. The molecular weight excluding hydrogens is 609 g/mol. The van der Waals surface area contributed by atoms with E-state index in [1.165, 1.54) is 18.4 Å². The molecule has 47 heavy (non-hydrogen) atoms. The highest BCUT2D eigenvalue weighted by molar-refractivity contribution is 5.90. The molecule has 5 heterocycles. The van der Waals surface area contributed by atoms with Crippen LogP contribution in [0.3, 0.4) is 0 Å². The highest BCUT2D eigenvalue weighted by Crippen LogP contribution is 2.59. The Morgan fingerprint density at radius 2 is 1.94 bits per heavy atom. The largest absolute Gasteiger partial charge is 0.469 e. The van der Waals surface area contributed by atoms with Gasteiger partial charge >= 0.3 is 0 Å². The Labute approximate surface area is 269 Å². The zero-order chi connectivity index (χ0) is 33.4. The second-order valence-corrected chi connectivity index (χ2v) is 13.8. The van der Waals surface area contributed by atoms with Crippen molar-refractivity contribution in [2.45, 2.75) is 77.5 Å². The van der Waals surface area contributed by atoms with Crippen LogP contribution in [0.25, 0.3) is 11.6 Å². The minimum absolute atomic E-state index is 0.0586. The van der Waals surface area contributed by atoms with Gasteiger partial charge in [0.25, 0.3) is 0 Å². The van der Waals surface area contributed by atoms with Gasteiger partial charge in [-0.3, -0.25) is 9.59 Å². The van der Waals surface area contributed by atoms with Crippen LogP contribution >= 0.6 is 0 Å². The van der Waals surface area contributed by atoms with Gasteiger partial charge in [-0.25, -0.2) is 14.4 Å². The summed E-state index contributed by atoms with van der Waals surface area (Å²) >= 11 is 0. The van der Waals surface area contributed by atoms with Crippen LogP contribution in [-0.4, -0.2) is 50.4 Å². The molecule has 5 N–H and O–H groups in total. The lowest BCUT2D eigenvalue weighted by Crippen LogP contribution is -2.53. The first-order valence-electron chi connectivity index (χ1n) is 15.5. The molecule has 3 aliphatic rings. The van der Waals surface area contributed by atoms with Crippen molar-refractivity contribution in [2.24, 2.45) is 11.3 Å². The maximum atomic E-state index is 15.1. The monoisotopic (exact) mass is 645 g/mol. The Morgan fingerprint density at radius 1 is 1.15 bits per heavy atom. The lowest BCUT2D eigenvalue weighted by atomic mass is 9.72. The maximum Gasteiger partial charge on any atom is 0.249 e. The number of carbonyl (C=O) groups excluding carboxylic acids is 2. The average Bonchev–Trinajstić information content (AvgIpc) is 3.79. The van der Waals surface area contributed by atoms with Crippen molar-refractivity contribution < 1.29 is 37.8 Å². The summed E-state index contributed by atoms with van der Waals surface area (Å²) in [5.74, 6) is -1.09. The molecule has 246 valence electrons. The van der Waals surface area contributed by atoms with E-state index >= 15 is 4.39 Å². The maximum absolute atomic E-state index is 15.1. The molecule has 7 rings (SSSR count). The van der Waals surface area contributed by atoms with E-state index < -0.39 is 52.9 Å². The third-order valence-corrected chi connectivity index (χ3v) is 9.09. The Hall–Kier alpha value is -4.75. The summed E-state index contributed by atoms with van der Waals surface area (Å²) in [6.45, 7) is 8.76. The molecule has 4 aromatic rings. The zero-order valence-electron chi connectivity index (χ0n) is 26.6. The van der Waals surface area contributed by atoms with Gasteiger partial charge in [-0.05, 0) is 41.2 Å². The minimum atomic E-state index is -1.32. The third kappa shape index (κ3) is 4.87. The Bertz CT molecular complexity index is 1900. The lowest BCUT2D eigenvalue weighted by molar-refractivity contribution is -0.136. The number of aromatic nitrogens is 2. The molecule has 12 nitrogen and oxygen atoms in total. The Kier molecular flexibility index (Phi) is 7.17. The zero-order valence-corrected chi connectivity index (χ0v) is 26.6. The van der Waals surface area contributed by atoms with Crippen LogP contribution in [-0.2, 0) is 28.0 Å². The van der Waals surface area contributed by atoms with Crippen molar-refractivity contribution in [2.75, 3.05) is 5.32 Å². The fourth-order valence-electron chi connectivity index (χ4n) is 6.63. The number of ether oxygens (including phenoxy) is 1. The van der Waals surface area contributed by atoms with Crippen LogP contribution in [0, 0.1) is 17.2 Å². The van der Waals surface area contributed by atoms with Gasteiger partial charge in [0.2, 0.25) is 23.6 Å². The second kappa shape index (κ2) is 10.9.